The summed E-state index contributed by atoms with van der Waals surface area (Å²) in [6.07, 6.45) is 1.53. The molecule has 2 amide bonds. The molecule has 4 aliphatic rings. The van der Waals surface area contributed by atoms with E-state index in [0.717, 1.165) is 57.8 Å². The monoisotopic (exact) mass is 1170 g/mol. The minimum absolute atomic E-state index is 0.00256. The van der Waals surface area contributed by atoms with Gasteiger partial charge in [-0.25, -0.2) is 0 Å². The number of likely N-dealkylation sites (N-methyl/N-ethyl adjacent to an activating group) is 1. The van der Waals surface area contributed by atoms with E-state index in [9.17, 15) is 27.4 Å². The first-order valence-electron chi connectivity index (χ1n) is 27.6. The highest BCUT2D eigenvalue weighted by molar-refractivity contribution is 8.77. The van der Waals surface area contributed by atoms with Crippen LogP contribution in [0.2, 0.25) is 0 Å². The van der Waals surface area contributed by atoms with Crippen LogP contribution in [0.25, 0.3) is 0 Å². The second-order valence-corrected chi connectivity index (χ2v) is 26.5. The standard InChI is InChI=1S/C61H75N5O12S3/c1-9-54(67)58(81(70,71)72)18-25-79-80-61(4,5)38-64(19-20-75-23-24-76-22-21-73-7)45-28-41(36-77-55-34-53-48(26-39(55)2)60(69)65-46(35-63(53)6)30-43-14-10-12-16-50(43)65)27-42(29-45)37-78-57-33-49-47(32-56(57)74-8)59(68)66-51-17-13-11-15-44(51)31-52(66)40(3)62-49/h10-17,26-29,32-34,40,46,52,58,62H,9,18-25,30-31,35-38H2,1-8H3,(H,70,71,72)/t40?,46-,52-,58?/m0/s1. The van der Waals surface area contributed by atoms with Gasteiger partial charge in [0.05, 0.1) is 74.7 Å². The molecule has 0 saturated carbocycles. The molecule has 81 heavy (non-hydrogen) atoms. The Morgan fingerprint density at radius 2 is 1.44 bits per heavy atom. The Labute approximate surface area is 484 Å². The van der Waals surface area contributed by atoms with Gasteiger partial charge in [-0.1, -0.05) is 64.9 Å². The van der Waals surface area contributed by atoms with Gasteiger partial charge in [0.1, 0.15) is 24.2 Å². The first kappa shape index (κ1) is 59.6. The Morgan fingerprint density at radius 1 is 0.802 bits per heavy atom. The van der Waals surface area contributed by atoms with Crippen LogP contribution in [0, 0.1) is 6.92 Å². The van der Waals surface area contributed by atoms with E-state index in [1.165, 1.54) is 16.4 Å². The molecule has 2 N–H and O–H groups in total. The van der Waals surface area contributed by atoms with Crippen molar-refractivity contribution in [3.63, 3.8) is 0 Å². The number of aryl methyl sites for hydroxylation is 1. The third-order valence-corrected chi connectivity index (χ3v) is 19.8. The molecule has 4 aliphatic heterocycles. The Balaban J connectivity index is 1.01. The van der Waals surface area contributed by atoms with Gasteiger partial charge in [-0.15, -0.1) is 0 Å². The lowest BCUT2D eigenvalue weighted by molar-refractivity contribution is -0.118. The van der Waals surface area contributed by atoms with E-state index in [2.05, 4.69) is 66.2 Å². The number of para-hydroxylation sites is 2. The van der Waals surface area contributed by atoms with Crippen molar-refractivity contribution in [2.75, 3.05) is 105 Å². The van der Waals surface area contributed by atoms with E-state index < -0.39 is 25.9 Å². The Bertz CT molecular complexity index is 3210. The SMILES string of the molecule is CCC(=O)C(CCSSC(C)(C)CN(CCOCCOCCOC)c1cc(COc2cc3c(cc2C)C(=O)N2c4ccccc4C[C@H]2CN3C)cc(COc2cc3c(cc2OC)C(=O)N2c4ccccc4C[C@H]2C(C)N3)c1)S(=O)(=O)O. The van der Waals surface area contributed by atoms with Crippen LogP contribution < -0.4 is 39.1 Å². The zero-order valence-corrected chi connectivity index (χ0v) is 50.0. The van der Waals surface area contributed by atoms with Crippen LogP contribution in [-0.2, 0) is 55.2 Å². The number of fused-ring (bicyclic) bond motifs is 8. The molecule has 2 unspecified atom stereocenters. The predicted octanol–water partition coefficient (Wildman–Crippen LogP) is 9.84. The third kappa shape index (κ3) is 13.8. The van der Waals surface area contributed by atoms with E-state index >= 15 is 0 Å². The fraction of sp³-hybridized carbons (Fsp3) is 0.459. The van der Waals surface area contributed by atoms with E-state index in [-0.39, 0.29) is 56.0 Å². The van der Waals surface area contributed by atoms with Crippen LogP contribution >= 0.6 is 21.6 Å². The van der Waals surface area contributed by atoms with Gasteiger partial charge in [0.25, 0.3) is 21.9 Å². The number of methoxy groups -OCH3 is 2. The fourth-order valence-corrected chi connectivity index (χ4v) is 15.0. The molecule has 0 bridgehead atoms. The zero-order chi connectivity index (χ0) is 57.6. The molecule has 0 fully saturated rings. The molecular weight excluding hydrogens is 1090 g/mol. The molecule has 9 rings (SSSR count). The van der Waals surface area contributed by atoms with E-state index in [1.807, 2.05) is 78.4 Å². The number of nitrogens with zero attached hydrogens (tertiary/aromatic N) is 4. The first-order chi connectivity index (χ1) is 38.9. The van der Waals surface area contributed by atoms with Crippen molar-refractivity contribution in [3.8, 4) is 17.2 Å². The number of amides is 2. The summed E-state index contributed by atoms with van der Waals surface area (Å²) in [5, 5.41) is 2.17. The van der Waals surface area contributed by atoms with Gasteiger partial charge >= 0.3 is 0 Å². The highest BCUT2D eigenvalue weighted by atomic mass is 33.1. The average molecular weight is 1170 g/mol. The van der Waals surface area contributed by atoms with Crippen LogP contribution in [0.4, 0.5) is 28.4 Å². The lowest BCUT2D eigenvalue weighted by Crippen LogP contribution is -2.44. The van der Waals surface area contributed by atoms with Gasteiger partial charge in [-0.05, 0) is 117 Å². The number of carbonyl (C=O) groups excluding carboxylic acids is 3. The molecule has 0 saturated heterocycles. The molecule has 17 nitrogen and oxygen atoms in total. The van der Waals surface area contributed by atoms with Crippen LogP contribution in [0.1, 0.15) is 89.1 Å². The molecule has 0 spiro atoms. The lowest BCUT2D eigenvalue weighted by Gasteiger charge is -2.34. The summed E-state index contributed by atoms with van der Waals surface area (Å²) in [5.74, 6) is 1.20. The second-order valence-electron chi connectivity index (χ2n) is 21.7. The summed E-state index contributed by atoms with van der Waals surface area (Å²) in [6, 6.07) is 29.8. The van der Waals surface area contributed by atoms with E-state index in [4.69, 9.17) is 28.4 Å². The average Bonchev–Trinajstić information content (AvgIpc) is 4.23. The Hall–Kier alpha value is -6.00. The smallest absolute Gasteiger partial charge is 0.275 e. The van der Waals surface area contributed by atoms with Crippen molar-refractivity contribution in [2.24, 2.45) is 0 Å². The number of ketones is 1. The van der Waals surface area contributed by atoms with Gasteiger partial charge < -0.3 is 53.3 Å². The minimum atomic E-state index is -4.55. The maximum absolute atomic E-state index is 14.4. The van der Waals surface area contributed by atoms with Crippen molar-refractivity contribution in [2.45, 2.75) is 102 Å². The summed E-state index contributed by atoms with van der Waals surface area (Å²) in [6.45, 7) is 13.9. The second kappa shape index (κ2) is 26.1. The van der Waals surface area contributed by atoms with Crippen LogP contribution in [-0.4, -0.2) is 138 Å². The number of rotatable bonds is 27. The minimum Gasteiger partial charge on any atom is -0.493 e. The van der Waals surface area contributed by atoms with Gasteiger partial charge in [0.2, 0.25) is 0 Å². The highest BCUT2D eigenvalue weighted by Crippen LogP contribution is 2.44. The fourth-order valence-electron chi connectivity index (χ4n) is 11.3. The molecule has 5 aromatic rings. The van der Waals surface area contributed by atoms with Crippen LogP contribution in [0.3, 0.4) is 0 Å². The van der Waals surface area contributed by atoms with Gasteiger partial charge in [-0.3, -0.25) is 18.9 Å². The summed E-state index contributed by atoms with van der Waals surface area (Å²) >= 11 is 0. The summed E-state index contributed by atoms with van der Waals surface area (Å²) in [7, 11) is 3.71. The quantitative estimate of drug-likeness (QED) is 0.0287. The maximum atomic E-state index is 14.4. The topological polar surface area (TPSA) is 186 Å². The molecule has 0 radical (unpaired) electrons. The Morgan fingerprint density at radius 3 is 2.12 bits per heavy atom. The van der Waals surface area contributed by atoms with Gasteiger partial charge in [-0.2, -0.15) is 8.42 Å². The number of nitrogens with one attached hydrogen (secondary N) is 1. The number of anilines is 5. The van der Waals surface area contributed by atoms with E-state index in [0.29, 0.717) is 92.5 Å². The predicted molar refractivity (Wildman–Crippen MR) is 322 cm³/mol. The van der Waals surface area contributed by atoms with Gasteiger partial charge in [0, 0.05) is 85.9 Å². The number of Topliss-reactive ketones (excluding diaryl/α,β-unsaturated/α-hetero) is 1. The lowest BCUT2D eigenvalue weighted by atomic mass is 10.0. The zero-order valence-electron chi connectivity index (χ0n) is 47.5. The summed E-state index contributed by atoms with van der Waals surface area (Å²) in [4.78, 5) is 49.6. The Kier molecular flexibility index (Phi) is 19.2. The number of carbonyl (C=O) groups is 3. The molecule has 5 aromatic carbocycles. The first-order valence-corrected chi connectivity index (χ1v) is 31.4. The van der Waals surface area contributed by atoms with Crippen molar-refractivity contribution < 1.29 is 55.8 Å². The van der Waals surface area contributed by atoms with Crippen molar-refractivity contribution in [1.82, 2.24) is 0 Å². The molecule has 20 heteroatoms. The molecule has 434 valence electrons. The maximum Gasteiger partial charge on any atom is 0.275 e. The van der Waals surface area contributed by atoms with Crippen molar-refractivity contribution in [3.05, 3.63) is 130 Å². The number of hydrogen-bond donors (Lipinski definition) is 2. The highest BCUT2D eigenvalue weighted by Gasteiger charge is 2.42. The third-order valence-electron chi connectivity index (χ3n) is 15.3. The van der Waals surface area contributed by atoms with E-state index in [1.54, 1.807) is 38.0 Å². The number of ether oxygens (including phenoxy) is 6. The molecule has 0 aliphatic carbocycles. The summed E-state index contributed by atoms with van der Waals surface area (Å²) in [5.41, 5.74) is 10.2. The molecule has 4 heterocycles. The number of benzene rings is 5. The molecular formula is C61H75N5O12S3. The summed E-state index contributed by atoms with van der Waals surface area (Å²) < 4.78 is 70.1. The molecule has 4 atom stereocenters. The normalized spacial score (nSPS) is 17.7. The van der Waals surface area contributed by atoms with Crippen LogP contribution in [0.5, 0.6) is 17.2 Å². The van der Waals surface area contributed by atoms with Crippen LogP contribution in [0.15, 0.2) is 91.0 Å². The number of hydrogen-bond acceptors (Lipinski definition) is 16. The van der Waals surface area contributed by atoms with Crippen molar-refractivity contribution >= 4 is 77.7 Å². The van der Waals surface area contributed by atoms with Crippen molar-refractivity contribution in [1.29, 1.82) is 0 Å². The largest absolute Gasteiger partial charge is 0.493 e. The molecule has 0 aromatic heterocycles. The van der Waals surface area contributed by atoms with Gasteiger partial charge in [0.15, 0.2) is 17.3 Å².